The highest BCUT2D eigenvalue weighted by Gasteiger charge is 2.11. The van der Waals surface area contributed by atoms with Crippen LogP contribution in [0.1, 0.15) is 13.3 Å². The van der Waals surface area contributed by atoms with E-state index in [-0.39, 0.29) is 35.9 Å². The number of nitrogens with one attached hydrogen (secondary N) is 3. The van der Waals surface area contributed by atoms with Gasteiger partial charge in [-0.05, 0) is 30.3 Å². The van der Waals surface area contributed by atoms with Crippen molar-refractivity contribution in [3.05, 3.63) is 54.1 Å². The third-order valence-electron chi connectivity index (χ3n) is 3.17. The zero-order valence-corrected chi connectivity index (χ0v) is 13.0. The van der Waals surface area contributed by atoms with Gasteiger partial charge >= 0.3 is 0 Å². The predicted octanol–water partition coefficient (Wildman–Crippen LogP) is 3.17. The van der Waals surface area contributed by atoms with Gasteiger partial charge in [0.15, 0.2) is 0 Å². The van der Waals surface area contributed by atoms with Gasteiger partial charge in [0.2, 0.25) is 11.8 Å². The molecule has 5 nitrogen and oxygen atoms in total. The molecule has 0 atom stereocenters. The van der Waals surface area contributed by atoms with E-state index in [1.165, 1.54) is 30.3 Å². The summed E-state index contributed by atoms with van der Waals surface area (Å²) in [5.41, 5.74) is 0.628. The molecule has 0 heterocycles. The Morgan fingerprint density at radius 2 is 1.71 bits per heavy atom. The summed E-state index contributed by atoms with van der Waals surface area (Å²) < 4.78 is 27.2. The Morgan fingerprint density at radius 1 is 0.958 bits per heavy atom. The Hall–Kier alpha value is -2.96. The molecule has 24 heavy (non-hydrogen) atoms. The van der Waals surface area contributed by atoms with Gasteiger partial charge in [-0.3, -0.25) is 9.59 Å². The maximum Gasteiger partial charge on any atom is 0.243 e. The lowest BCUT2D eigenvalue weighted by molar-refractivity contribution is -0.123. The van der Waals surface area contributed by atoms with Crippen LogP contribution in [0.3, 0.4) is 0 Å². The molecule has 0 radical (unpaired) electrons. The van der Waals surface area contributed by atoms with Crippen molar-refractivity contribution in [1.82, 2.24) is 5.32 Å². The van der Waals surface area contributed by atoms with Crippen molar-refractivity contribution in [3.8, 4) is 0 Å². The van der Waals surface area contributed by atoms with Crippen molar-refractivity contribution in [3.63, 3.8) is 0 Å². The van der Waals surface area contributed by atoms with Crippen LogP contribution in [0.5, 0.6) is 0 Å². The lowest BCUT2D eigenvalue weighted by Gasteiger charge is -2.14. The summed E-state index contributed by atoms with van der Waals surface area (Å²) >= 11 is 0. The number of hydrogen-bond donors (Lipinski definition) is 3. The molecule has 2 aromatic rings. The van der Waals surface area contributed by atoms with Crippen LogP contribution in [0.4, 0.5) is 25.8 Å². The molecule has 0 spiro atoms. The van der Waals surface area contributed by atoms with Gasteiger partial charge in [0.05, 0.1) is 23.6 Å². The van der Waals surface area contributed by atoms with Gasteiger partial charge in [-0.2, -0.15) is 0 Å². The standard InChI is InChI=1S/C17H17F2N3O2/c1-2-16(23)20-10-17(24)22-14-8-7-11(18)9-15(14)21-13-6-4-3-5-12(13)19/h3-9,21H,2,10H2,1H3,(H,20,23)(H,22,24). The van der Waals surface area contributed by atoms with E-state index in [1.807, 2.05) is 0 Å². The number of carbonyl (C=O) groups excluding carboxylic acids is 2. The second-order valence-corrected chi connectivity index (χ2v) is 4.97. The SMILES string of the molecule is CCC(=O)NCC(=O)Nc1ccc(F)cc1Nc1ccccc1F. The number of anilines is 3. The monoisotopic (exact) mass is 333 g/mol. The quantitative estimate of drug-likeness (QED) is 0.760. The van der Waals surface area contributed by atoms with E-state index in [1.54, 1.807) is 13.0 Å². The highest BCUT2D eigenvalue weighted by molar-refractivity contribution is 5.97. The van der Waals surface area contributed by atoms with Crippen LogP contribution in [-0.4, -0.2) is 18.4 Å². The van der Waals surface area contributed by atoms with Crippen molar-refractivity contribution in [2.24, 2.45) is 0 Å². The normalized spacial score (nSPS) is 10.1. The maximum atomic E-state index is 13.7. The first-order valence-corrected chi connectivity index (χ1v) is 7.37. The van der Waals surface area contributed by atoms with Crippen molar-refractivity contribution in [2.75, 3.05) is 17.2 Å². The van der Waals surface area contributed by atoms with Crippen LogP contribution in [0.25, 0.3) is 0 Å². The Morgan fingerprint density at radius 3 is 2.42 bits per heavy atom. The summed E-state index contributed by atoms with van der Waals surface area (Å²) in [5.74, 6) is -1.77. The van der Waals surface area contributed by atoms with Crippen molar-refractivity contribution < 1.29 is 18.4 Å². The summed E-state index contributed by atoms with van der Waals surface area (Å²) in [6.07, 6.45) is 0.268. The van der Waals surface area contributed by atoms with Gasteiger partial charge in [0, 0.05) is 6.42 Å². The van der Waals surface area contributed by atoms with Gasteiger partial charge in [0.1, 0.15) is 11.6 Å². The number of para-hydroxylation sites is 1. The fourth-order valence-corrected chi connectivity index (χ4v) is 1.93. The van der Waals surface area contributed by atoms with E-state index < -0.39 is 17.5 Å². The molecule has 0 aromatic heterocycles. The highest BCUT2D eigenvalue weighted by Crippen LogP contribution is 2.27. The average Bonchev–Trinajstić information content (AvgIpc) is 2.57. The highest BCUT2D eigenvalue weighted by atomic mass is 19.1. The van der Waals surface area contributed by atoms with Crippen LogP contribution < -0.4 is 16.0 Å². The Labute approximate surface area is 138 Å². The molecule has 0 saturated heterocycles. The molecule has 0 unspecified atom stereocenters. The molecule has 0 fully saturated rings. The number of carbonyl (C=O) groups is 2. The molecule has 0 aliphatic rings. The Balaban J connectivity index is 2.14. The molecule has 0 aliphatic carbocycles. The van der Waals surface area contributed by atoms with Gasteiger partial charge in [-0.15, -0.1) is 0 Å². The molecule has 126 valence electrons. The number of hydrogen-bond acceptors (Lipinski definition) is 3. The zero-order chi connectivity index (χ0) is 17.5. The number of amides is 2. The molecular formula is C17H17F2N3O2. The summed E-state index contributed by atoms with van der Waals surface area (Å²) in [7, 11) is 0. The third-order valence-corrected chi connectivity index (χ3v) is 3.17. The molecular weight excluding hydrogens is 316 g/mol. The summed E-state index contributed by atoms with van der Waals surface area (Å²) in [6, 6.07) is 9.60. The van der Waals surface area contributed by atoms with E-state index >= 15 is 0 Å². The minimum atomic E-state index is -0.536. The largest absolute Gasteiger partial charge is 0.351 e. The fourth-order valence-electron chi connectivity index (χ4n) is 1.93. The molecule has 0 bridgehead atoms. The average molecular weight is 333 g/mol. The fraction of sp³-hybridized carbons (Fsp3) is 0.176. The van der Waals surface area contributed by atoms with Gasteiger partial charge in [0.25, 0.3) is 0 Å². The van der Waals surface area contributed by atoms with E-state index in [4.69, 9.17) is 0 Å². The first-order chi connectivity index (χ1) is 11.5. The van der Waals surface area contributed by atoms with E-state index in [0.717, 1.165) is 6.07 Å². The smallest absolute Gasteiger partial charge is 0.243 e. The van der Waals surface area contributed by atoms with Gasteiger partial charge in [-0.1, -0.05) is 19.1 Å². The minimum Gasteiger partial charge on any atom is -0.351 e. The van der Waals surface area contributed by atoms with Crippen LogP contribution in [0.15, 0.2) is 42.5 Å². The van der Waals surface area contributed by atoms with Crippen molar-refractivity contribution in [1.29, 1.82) is 0 Å². The Kier molecular flexibility index (Phi) is 5.83. The van der Waals surface area contributed by atoms with Crippen LogP contribution in [0.2, 0.25) is 0 Å². The minimum absolute atomic E-state index is 0.151. The van der Waals surface area contributed by atoms with Crippen molar-refractivity contribution >= 4 is 28.9 Å². The molecule has 2 rings (SSSR count). The first kappa shape index (κ1) is 17.4. The Bertz CT molecular complexity index is 750. The van der Waals surface area contributed by atoms with Gasteiger partial charge in [-0.25, -0.2) is 8.78 Å². The van der Waals surface area contributed by atoms with E-state index in [2.05, 4.69) is 16.0 Å². The summed E-state index contributed by atoms with van der Waals surface area (Å²) in [6.45, 7) is 1.47. The second kappa shape index (κ2) is 8.05. The van der Waals surface area contributed by atoms with E-state index in [0.29, 0.717) is 0 Å². The summed E-state index contributed by atoms with van der Waals surface area (Å²) in [5, 5.41) is 7.73. The third kappa shape index (κ3) is 4.77. The molecule has 2 amide bonds. The topological polar surface area (TPSA) is 70.2 Å². The predicted molar refractivity (Wildman–Crippen MR) is 88.0 cm³/mol. The molecule has 0 saturated carbocycles. The maximum absolute atomic E-state index is 13.7. The van der Waals surface area contributed by atoms with E-state index in [9.17, 15) is 18.4 Å². The lowest BCUT2D eigenvalue weighted by Crippen LogP contribution is -2.32. The molecule has 7 heteroatoms. The van der Waals surface area contributed by atoms with Crippen LogP contribution >= 0.6 is 0 Å². The molecule has 3 N–H and O–H groups in total. The van der Waals surface area contributed by atoms with Crippen LogP contribution in [-0.2, 0) is 9.59 Å². The van der Waals surface area contributed by atoms with Crippen LogP contribution in [0, 0.1) is 11.6 Å². The van der Waals surface area contributed by atoms with Gasteiger partial charge < -0.3 is 16.0 Å². The second-order valence-electron chi connectivity index (χ2n) is 4.97. The number of rotatable bonds is 6. The van der Waals surface area contributed by atoms with Crippen molar-refractivity contribution in [2.45, 2.75) is 13.3 Å². The number of halogens is 2. The lowest BCUT2D eigenvalue weighted by atomic mass is 10.2. The first-order valence-electron chi connectivity index (χ1n) is 7.37. The molecule has 2 aromatic carbocycles. The summed E-state index contributed by atoms with van der Waals surface area (Å²) in [4.78, 5) is 23.0. The molecule has 0 aliphatic heterocycles. The zero-order valence-electron chi connectivity index (χ0n) is 13.0. The number of benzene rings is 2.